The molecule has 0 aliphatic heterocycles. The quantitative estimate of drug-likeness (QED) is 0.538. The van der Waals surface area contributed by atoms with E-state index in [9.17, 15) is 4.79 Å². The van der Waals surface area contributed by atoms with E-state index in [1.165, 1.54) is 0 Å². The number of aldehydes is 1. The average molecular weight is 216 g/mol. The molecule has 0 heterocycles. The lowest BCUT2D eigenvalue weighted by Gasteiger charge is -2.29. The van der Waals surface area contributed by atoms with E-state index in [-0.39, 0.29) is 17.4 Å². The summed E-state index contributed by atoms with van der Waals surface area (Å²) in [5.74, 6) is 0.484. The van der Waals surface area contributed by atoms with E-state index in [4.69, 9.17) is 10.5 Å². The third-order valence-electron chi connectivity index (χ3n) is 3.36. The Morgan fingerprint density at radius 2 is 2.19 bits per heavy atom. The van der Waals surface area contributed by atoms with E-state index in [1.807, 2.05) is 19.1 Å². The standard InChI is InChI=1S/C13H16N2O/c1-10(6-7-16)12-4-2-3-5-13(12)11(8-14)9-15/h7,10,12H,2-6H2,1H3/t10-,12+/m1/s1. The first-order chi connectivity index (χ1) is 7.74. The maximum atomic E-state index is 10.5. The predicted molar refractivity (Wildman–Crippen MR) is 60.1 cm³/mol. The Morgan fingerprint density at radius 3 is 2.75 bits per heavy atom. The van der Waals surface area contributed by atoms with Crippen molar-refractivity contribution in [2.45, 2.75) is 39.0 Å². The zero-order chi connectivity index (χ0) is 12.0. The first kappa shape index (κ1) is 12.5. The summed E-state index contributed by atoms with van der Waals surface area (Å²) in [7, 11) is 0. The molecule has 0 amide bonds. The zero-order valence-corrected chi connectivity index (χ0v) is 9.57. The summed E-state index contributed by atoms with van der Waals surface area (Å²) in [5.41, 5.74) is 1.24. The van der Waals surface area contributed by atoms with Crippen molar-refractivity contribution >= 4 is 6.29 Å². The largest absolute Gasteiger partial charge is 0.303 e. The molecule has 0 bridgehead atoms. The number of carbonyl (C=O) groups is 1. The Bertz CT molecular complexity index is 354. The van der Waals surface area contributed by atoms with Crippen molar-refractivity contribution in [2.24, 2.45) is 11.8 Å². The van der Waals surface area contributed by atoms with Crippen LogP contribution in [0, 0.1) is 34.5 Å². The second-order valence-electron chi connectivity index (χ2n) is 4.36. The van der Waals surface area contributed by atoms with Crippen LogP contribution in [0.1, 0.15) is 39.0 Å². The minimum Gasteiger partial charge on any atom is -0.303 e. The first-order valence-corrected chi connectivity index (χ1v) is 5.71. The van der Waals surface area contributed by atoms with E-state index in [1.54, 1.807) is 0 Å². The van der Waals surface area contributed by atoms with Crippen LogP contribution in [0.2, 0.25) is 0 Å². The van der Waals surface area contributed by atoms with Gasteiger partial charge in [-0.2, -0.15) is 10.5 Å². The molecule has 3 nitrogen and oxygen atoms in total. The van der Waals surface area contributed by atoms with Crippen LogP contribution >= 0.6 is 0 Å². The second kappa shape index (κ2) is 6.08. The lowest BCUT2D eigenvalue weighted by Crippen LogP contribution is -2.19. The van der Waals surface area contributed by atoms with Gasteiger partial charge in [-0.3, -0.25) is 0 Å². The molecule has 0 spiro atoms. The van der Waals surface area contributed by atoms with Gasteiger partial charge in [-0.1, -0.05) is 13.3 Å². The lowest BCUT2D eigenvalue weighted by atomic mass is 9.74. The Balaban J connectivity index is 2.96. The van der Waals surface area contributed by atoms with Crippen molar-refractivity contribution < 1.29 is 4.79 Å². The SMILES string of the molecule is C[C@H](CC=O)[C@@H]1CCCCC1=C(C#N)C#N. The molecule has 2 atom stereocenters. The molecule has 1 rings (SSSR count). The predicted octanol–water partition coefficient (Wildman–Crippen LogP) is 2.75. The summed E-state index contributed by atoms with van der Waals surface area (Å²) in [6, 6.07) is 3.96. The highest BCUT2D eigenvalue weighted by Crippen LogP contribution is 2.37. The van der Waals surface area contributed by atoms with Gasteiger partial charge in [-0.15, -0.1) is 0 Å². The number of nitriles is 2. The molecule has 0 aromatic rings. The summed E-state index contributed by atoms with van der Waals surface area (Å²) in [4.78, 5) is 10.5. The van der Waals surface area contributed by atoms with Crippen LogP contribution in [-0.4, -0.2) is 6.29 Å². The van der Waals surface area contributed by atoms with Crippen LogP contribution in [0.4, 0.5) is 0 Å². The van der Waals surface area contributed by atoms with Crippen molar-refractivity contribution in [3.8, 4) is 12.1 Å². The van der Waals surface area contributed by atoms with Gasteiger partial charge in [-0.25, -0.2) is 0 Å². The van der Waals surface area contributed by atoms with Crippen molar-refractivity contribution in [2.75, 3.05) is 0 Å². The fourth-order valence-electron chi connectivity index (χ4n) is 2.46. The van der Waals surface area contributed by atoms with Gasteiger partial charge >= 0.3 is 0 Å². The summed E-state index contributed by atoms with van der Waals surface area (Å²) in [6.45, 7) is 2.02. The maximum absolute atomic E-state index is 10.5. The Kier molecular flexibility index (Phi) is 4.73. The number of nitrogens with zero attached hydrogens (tertiary/aromatic N) is 2. The normalized spacial score (nSPS) is 21.7. The molecule has 1 saturated carbocycles. The van der Waals surface area contributed by atoms with Gasteiger partial charge in [0.05, 0.1) is 0 Å². The lowest BCUT2D eigenvalue weighted by molar-refractivity contribution is -0.108. The van der Waals surface area contributed by atoms with Crippen LogP contribution in [0.5, 0.6) is 0 Å². The molecule has 1 fully saturated rings. The number of rotatable bonds is 3. The van der Waals surface area contributed by atoms with Crippen LogP contribution in [0.15, 0.2) is 11.1 Å². The third kappa shape index (κ3) is 2.70. The molecule has 0 saturated heterocycles. The fourth-order valence-corrected chi connectivity index (χ4v) is 2.46. The van der Waals surface area contributed by atoms with Crippen LogP contribution < -0.4 is 0 Å². The topological polar surface area (TPSA) is 64.7 Å². The minimum atomic E-state index is 0.240. The van der Waals surface area contributed by atoms with Gasteiger partial charge in [0.2, 0.25) is 0 Å². The minimum absolute atomic E-state index is 0.240. The van der Waals surface area contributed by atoms with Gasteiger partial charge < -0.3 is 4.79 Å². The van der Waals surface area contributed by atoms with E-state index in [2.05, 4.69) is 0 Å². The van der Waals surface area contributed by atoms with E-state index < -0.39 is 0 Å². The van der Waals surface area contributed by atoms with E-state index in [0.717, 1.165) is 37.5 Å². The second-order valence-corrected chi connectivity index (χ2v) is 4.36. The zero-order valence-electron chi connectivity index (χ0n) is 9.57. The molecule has 1 aliphatic carbocycles. The van der Waals surface area contributed by atoms with Crippen LogP contribution in [-0.2, 0) is 4.79 Å². The maximum Gasteiger partial charge on any atom is 0.129 e. The molecule has 1 aliphatic rings. The van der Waals surface area contributed by atoms with E-state index >= 15 is 0 Å². The molecule has 84 valence electrons. The van der Waals surface area contributed by atoms with Gasteiger partial charge in [-0.05, 0) is 36.7 Å². The molecular formula is C13H16N2O. The van der Waals surface area contributed by atoms with Crippen molar-refractivity contribution in [3.05, 3.63) is 11.1 Å². The molecule has 0 unspecified atom stereocenters. The van der Waals surface area contributed by atoms with Crippen LogP contribution in [0.3, 0.4) is 0 Å². The van der Waals surface area contributed by atoms with Crippen molar-refractivity contribution in [1.82, 2.24) is 0 Å². The molecule has 16 heavy (non-hydrogen) atoms. The van der Waals surface area contributed by atoms with Gasteiger partial charge in [0.15, 0.2) is 0 Å². The Labute approximate surface area is 96.4 Å². The monoisotopic (exact) mass is 216 g/mol. The average Bonchev–Trinajstić information content (AvgIpc) is 2.31. The van der Waals surface area contributed by atoms with Crippen LogP contribution in [0.25, 0.3) is 0 Å². The molecule has 0 aromatic heterocycles. The van der Waals surface area contributed by atoms with Crippen molar-refractivity contribution in [3.63, 3.8) is 0 Å². The summed E-state index contributed by atoms with van der Waals surface area (Å²) in [5, 5.41) is 17.8. The molecule has 0 aromatic carbocycles. The Morgan fingerprint density at radius 1 is 1.50 bits per heavy atom. The third-order valence-corrected chi connectivity index (χ3v) is 3.36. The number of allylic oxidation sites excluding steroid dienone is 2. The highest BCUT2D eigenvalue weighted by Gasteiger charge is 2.26. The highest BCUT2D eigenvalue weighted by molar-refractivity contribution is 5.50. The smallest absolute Gasteiger partial charge is 0.129 e. The van der Waals surface area contributed by atoms with E-state index in [0.29, 0.717) is 6.42 Å². The summed E-state index contributed by atoms with van der Waals surface area (Å²) < 4.78 is 0. The molecule has 0 radical (unpaired) electrons. The molecule has 3 heteroatoms. The van der Waals surface area contributed by atoms with Gasteiger partial charge in [0.25, 0.3) is 0 Å². The molecular weight excluding hydrogens is 200 g/mol. The molecule has 0 N–H and O–H groups in total. The fraction of sp³-hybridized carbons (Fsp3) is 0.615. The number of hydrogen-bond acceptors (Lipinski definition) is 3. The number of carbonyl (C=O) groups excluding carboxylic acids is 1. The number of hydrogen-bond donors (Lipinski definition) is 0. The summed E-state index contributed by atoms with van der Waals surface area (Å²) in [6.07, 6.45) is 5.45. The van der Waals surface area contributed by atoms with Gasteiger partial charge in [0.1, 0.15) is 24.0 Å². The summed E-state index contributed by atoms with van der Waals surface area (Å²) >= 11 is 0. The Hall–Kier alpha value is -1.61. The van der Waals surface area contributed by atoms with Crippen molar-refractivity contribution in [1.29, 1.82) is 10.5 Å². The first-order valence-electron chi connectivity index (χ1n) is 5.71. The van der Waals surface area contributed by atoms with Gasteiger partial charge in [0, 0.05) is 6.42 Å². The highest BCUT2D eigenvalue weighted by atomic mass is 16.1.